The zero-order valence-corrected chi connectivity index (χ0v) is 13.8. The maximum atomic E-state index is 12.3. The molecule has 0 fully saturated rings. The molecule has 0 saturated heterocycles. The topological polar surface area (TPSA) is 103 Å². The van der Waals surface area contributed by atoms with E-state index in [2.05, 4.69) is 0 Å². The van der Waals surface area contributed by atoms with E-state index < -0.39 is 16.8 Å². The number of para-hydroxylation sites is 1. The average molecular weight is 356 g/mol. The average Bonchev–Trinajstić information content (AvgIpc) is 3.13. The number of carbonyl (C=O) groups excluding carboxylic acids is 2. The molecule has 8 nitrogen and oxygen atoms in total. The Morgan fingerprint density at radius 2 is 2.08 bits per heavy atom. The zero-order valence-electron chi connectivity index (χ0n) is 13.8. The van der Waals surface area contributed by atoms with Gasteiger partial charge in [-0.2, -0.15) is 0 Å². The second kappa shape index (κ2) is 7.64. The van der Waals surface area contributed by atoms with E-state index >= 15 is 0 Å². The number of hydrogen-bond acceptors (Lipinski definition) is 6. The molecule has 134 valence electrons. The molecule has 0 aliphatic carbocycles. The van der Waals surface area contributed by atoms with Crippen LogP contribution in [0.5, 0.6) is 0 Å². The van der Waals surface area contributed by atoms with Crippen LogP contribution in [0.1, 0.15) is 17.7 Å². The number of hydrogen-bond donors (Lipinski definition) is 0. The highest BCUT2D eigenvalue weighted by Gasteiger charge is 2.22. The molecule has 1 aliphatic rings. The number of rotatable bonds is 5. The van der Waals surface area contributed by atoms with Gasteiger partial charge in [0.05, 0.1) is 6.07 Å². The van der Waals surface area contributed by atoms with E-state index in [0.29, 0.717) is 6.54 Å². The molecule has 0 radical (unpaired) electrons. The van der Waals surface area contributed by atoms with Gasteiger partial charge in [-0.05, 0) is 36.6 Å². The lowest BCUT2D eigenvalue weighted by Crippen LogP contribution is -2.38. The smallest absolute Gasteiger partial charge is 0.433 e. The quantitative estimate of drug-likeness (QED) is 0.353. The molecule has 26 heavy (non-hydrogen) atoms. The van der Waals surface area contributed by atoms with Crippen molar-refractivity contribution in [3.63, 3.8) is 0 Å². The summed E-state index contributed by atoms with van der Waals surface area (Å²) < 4.78 is 9.84. The van der Waals surface area contributed by atoms with Gasteiger partial charge >= 0.3 is 11.9 Å². The Hall–Kier alpha value is -3.42. The van der Waals surface area contributed by atoms with E-state index in [1.54, 1.807) is 4.90 Å². The first-order valence-electron chi connectivity index (χ1n) is 8.02. The van der Waals surface area contributed by atoms with E-state index in [4.69, 9.17) is 9.15 Å². The van der Waals surface area contributed by atoms with Crippen molar-refractivity contribution < 1.29 is 23.7 Å². The Kier molecular flexibility index (Phi) is 5.12. The molecule has 0 unspecified atom stereocenters. The van der Waals surface area contributed by atoms with Crippen molar-refractivity contribution in [2.75, 3.05) is 18.1 Å². The van der Waals surface area contributed by atoms with Gasteiger partial charge in [0.25, 0.3) is 5.91 Å². The van der Waals surface area contributed by atoms with Gasteiger partial charge in [0.2, 0.25) is 0 Å². The van der Waals surface area contributed by atoms with Gasteiger partial charge in [-0.25, -0.2) is 4.79 Å². The van der Waals surface area contributed by atoms with E-state index in [-0.39, 0.29) is 18.3 Å². The molecule has 1 aromatic carbocycles. The van der Waals surface area contributed by atoms with Crippen LogP contribution in [0, 0.1) is 10.1 Å². The lowest BCUT2D eigenvalue weighted by Gasteiger charge is -2.29. The van der Waals surface area contributed by atoms with Crippen molar-refractivity contribution in [2.24, 2.45) is 0 Å². The molecular weight excluding hydrogens is 340 g/mol. The highest BCUT2D eigenvalue weighted by molar-refractivity contribution is 5.97. The lowest BCUT2D eigenvalue weighted by molar-refractivity contribution is -0.402. The molecule has 0 atom stereocenters. The Morgan fingerprint density at radius 1 is 1.27 bits per heavy atom. The monoisotopic (exact) mass is 356 g/mol. The molecule has 1 aromatic heterocycles. The fraction of sp³-hybridized carbons (Fsp3) is 0.222. The van der Waals surface area contributed by atoms with Crippen molar-refractivity contribution in [3.05, 3.63) is 63.9 Å². The van der Waals surface area contributed by atoms with Crippen LogP contribution in [-0.4, -0.2) is 30.0 Å². The van der Waals surface area contributed by atoms with E-state index in [1.807, 2.05) is 24.3 Å². The van der Waals surface area contributed by atoms with Crippen molar-refractivity contribution in [1.29, 1.82) is 0 Å². The summed E-state index contributed by atoms with van der Waals surface area (Å²) >= 11 is 0. The molecule has 0 N–H and O–H groups in total. The summed E-state index contributed by atoms with van der Waals surface area (Å²) in [5.41, 5.74) is 1.94. The first-order valence-corrected chi connectivity index (χ1v) is 8.02. The maximum absolute atomic E-state index is 12.3. The molecule has 0 saturated carbocycles. The predicted octanol–water partition coefficient (Wildman–Crippen LogP) is 2.72. The van der Waals surface area contributed by atoms with Crippen LogP contribution < -0.4 is 4.90 Å². The lowest BCUT2D eigenvalue weighted by atomic mass is 10.0. The van der Waals surface area contributed by atoms with Crippen LogP contribution in [-0.2, 0) is 20.7 Å². The first-order chi connectivity index (χ1) is 12.5. The normalized spacial score (nSPS) is 13.5. The summed E-state index contributed by atoms with van der Waals surface area (Å²) in [4.78, 5) is 35.5. The van der Waals surface area contributed by atoms with Crippen LogP contribution in [0.25, 0.3) is 6.08 Å². The number of amides is 1. The summed E-state index contributed by atoms with van der Waals surface area (Å²) in [5, 5.41) is 10.5. The van der Waals surface area contributed by atoms with Crippen LogP contribution in [0.3, 0.4) is 0 Å². The number of fused-ring (bicyclic) bond motifs is 1. The summed E-state index contributed by atoms with van der Waals surface area (Å²) in [6.07, 6.45) is 4.07. The Labute approximate surface area is 148 Å². The second-order valence-corrected chi connectivity index (χ2v) is 5.65. The van der Waals surface area contributed by atoms with Gasteiger partial charge in [0.15, 0.2) is 6.61 Å². The number of nitrogens with zero attached hydrogens (tertiary/aromatic N) is 2. The van der Waals surface area contributed by atoms with Crippen LogP contribution in [0.15, 0.2) is 46.9 Å². The summed E-state index contributed by atoms with van der Waals surface area (Å²) in [5.74, 6) is -1.31. The van der Waals surface area contributed by atoms with E-state index in [1.165, 1.54) is 18.2 Å². The molecule has 8 heteroatoms. The van der Waals surface area contributed by atoms with Gasteiger partial charge in [-0.15, -0.1) is 0 Å². The molecule has 3 rings (SSSR count). The number of ether oxygens (including phenoxy) is 1. The highest BCUT2D eigenvalue weighted by atomic mass is 16.6. The molecule has 0 spiro atoms. The third kappa shape index (κ3) is 3.97. The second-order valence-electron chi connectivity index (χ2n) is 5.65. The SMILES string of the molecule is O=C(/C=C/c1ccc([N+](=O)[O-])o1)OCC(=O)N1CCCc2ccccc21. The third-order valence-corrected chi connectivity index (χ3v) is 3.93. The minimum absolute atomic E-state index is 0.143. The summed E-state index contributed by atoms with van der Waals surface area (Å²) in [7, 11) is 0. The largest absolute Gasteiger partial charge is 0.452 e. The van der Waals surface area contributed by atoms with Crippen LogP contribution in [0.2, 0.25) is 0 Å². The first kappa shape index (κ1) is 17.4. The standard InChI is InChI=1S/C18H16N2O6/c21-16(19-11-3-5-13-4-1-2-6-15(13)19)12-25-18(22)10-8-14-7-9-17(26-14)20(23)24/h1-2,4,6-10H,3,5,11-12H2/b10-8+. The molecule has 2 heterocycles. The number of carbonyl (C=O) groups is 2. The highest BCUT2D eigenvalue weighted by Crippen LogP contribution is 2.26. The number of anilines is 1. The van der Waals surface area contributed by atoms with Gasteiger partial charge < -0.3 is 14.1 Å². The molecule has 2 aromatic rings. The number of esters is 1. The Bertz CT molecular complexity index is 870. The number of aryl methyl sites for hydroxylation is 1. The van der Waals surface area contributed by atoms with Gasteiger partial charge in [-0.3, -0.25) is 14.9 Å². The zero-order chi connectivity index (χ0) is 18.5. The van der Waals surface area contributed by atoms with E-state index in [0.717, 1.165) is 30.2 Å². The van der Waals surface area contributed by atoms with Gasteiger partial charge in [0.1, 0.15) is 10.7 Å². The van der Waals surface area contributed by atoms with Crippen molar-refractivity contribution >= 4 is 29.5 Å². The molecule has 0 bridgehead atoms. The minimum atomic E-state index is -0.734. The number of nitro groups is 1. The number of furan rings is 1. The summed E-state index contributed by atoms with van der Waals surface area (Å²) in [6.45, 7) is 0.203. The predicted molar refractivity (Wildman–Crippen MR) is 92.5 cm³/mol. The molecule has 1 amide bonds. The Morgan fingerprint density at radius 3 is 2.85 bits per heavy atom. The van der Waals surface area contributed by atoms with Crippen LogP contribution in [0.4, 0.5) is 11.6 Å². The molecular formula is C18H16N2O6. The third-order valence-electron chi connectivity index (χ3n) is 3.93. The van der Waals surface area contributed by atoms with Crippen molar-refractivity contribution in [2.45, 2.75) is 12.8 Å². The van der Waals surface area contributed by atoms with Crippen molar-refractivity contribution in [1.82, 2.24) is 0 Å². The Balaban J connectivity index is 1.55. The van der Waals surface area contributed by atoms with Gasteiger partial charge in [-0.1, -0.05) is 18.2 Å². The fourth-order valence-corrected chi connectivity index (χ4v) is 2.73. The fourth-order valence-electron chi connectivity index (χ4n) is 2.73. The maximum Gasteiger partial charge on any atom is 0.433 e. The summed E-state index contributed by atoms with van der Waals surface area (Å²) in [6, 6.07) is 10.2. The van der Waals surface area contributed by atoms with Crippen molar-refractivity contribution in [3.8, 4) is 0 Å². The van der Waals surface area contributed by atoms with Gasteiger partial charge in [0, 0.05) is 18.3 Å². The minimum Gasteiger partial charge on any atom is -0.452 e. The molecule has 1 aliphatic heterocycles. The number of benzene rings is 1. The van der Waals surface area contributed by atoms with Crippen LogP contribution >= 0.6 is 0 Å². The van der Waals surface area contributed by atoms with E-state index in [9.17, 15) is 19.7 Å².